The summed E-state index contributed by atoms with van der Waals surface area (Å²) in [7, 11) is -8.72. The molecule has 2 rings (SSSR count). The Morgan fingerprint density at radius 2 is 0.974 bits per heavy atom. The largest absolute Gasteiger partial charge is 0.319 e. The summed E-state index contributed by atoms with van der Waals surface area (Å²) in [4.78, 5) is 20.9. The Balaban J connectivity index is 2.50. The Morgan fingerprint density at radius 1 is 0.692 bits per heavy atom. The topological polar surface area (TPSA) is 145 Å². The van der Waals surface area contributed by atoms with Crippen LogP contribution in [-0.2, 0) is 31.4 Å². The zero-order chi connectivity index (χ0) is 29.4. The fourth-order valence-corrected chi connectivity index (χ4v) is 11.5. The lowest BCUT2D eigenvalue weighted by Crippen LogP contribution is -2.36. The second-order valence-corrected chi connectivity index (χ2v) is 16.0. The number of nitro benzene ring substituents is 2. The molecule has 216 valence electrons. The molecule has 0 aliphatic carbocycles. The van der Waals surface area contributed by atoms with Crippen LogP contribution >= 0.6 is 38.2 Å². The minimum absolute atomic E-state index is 0.125. The lowest BCUT2D eigenvalue weighted by molar-refractivity contribution is -0.385. The highest BCUT2D eigenvalue weighted by Gasteiger charge is 2.65. The summed E-state index contributed by atoms with van der Waals surface area (Å²) in [6.45, 7) is 7.06. The normalized spacial score (nSPS) is 15.2. The van der Waals surface area contributed by atoms with Crippen LogP contribution in [0.15, 0.2) is 48.5 Å². The highest BCUT2D eigenvalue weighted by atomic mass is 35.5. The van der Waals surface area contributed by atoms with E-state index in [1.165, 1.54) is 57.9 Å². The van der Waals surface area contributed by atoms with E-state index in [2.05, 4.69) is 0 Å². The van der Waals surface area contributed by atoms with E-state index in [0.717, 1.165) is 0 Å². The lowest BCUT2D eigenvalue weighted by atomic mass is 10.2. The van der Waals surface area contributed by atoms with E-state index in [1.807, 2.05) is 0 Å². The van der Waals surface area contributed by atoms with Crippen LogP contribution in [-0.4, -0.2) is 49.2 Å². The van der Waals surface area contributed by atoms with Crippen LogP contribution in [0.2, 0.25) is 0 Å². The van der Waals surface area contributed by atoms with Gasteiger partial charge in [-0.3, -0.25) is 29.4 Å². The van der Waals surface area contributed by atoms with Gasteiger partial charge in [0, 0.05) is 50.4 Å². The van der Waals surface area contributed by atoms with Crippen molar-refractivity contribution < 1.29 is 28.0 Å². The fourth-order valence-electron chi connectivity index (χ4n) is 3.76. The van der Waals surface area contributed by atoms with Crippen LogP contribution in [0.3, 0.4) is 0 Å². The molecule has 0 aliphatic heterocycles. The number of nitro groups is 2. The number of halogens is 2. The minimum atomic E-state index is -4.36. The molecule has 0 saturated heterocycles. The highest BCUT2D eigenvalue weighted by molar-refractivity contribution is 7.82. The third kappa shape index (κ3) is 7.26. The van der Waals surface area contributed by atoms with E-state index in [9.17, 15) is 29.4 Å². The molecule has 2 aromatic carbocycles. The van der Waals surface area contributed by atoms with Gasteiger partial charge in [0.25, 0.3) is 15.2 Å². The molecule has 16 heteroatoms. The van der Waals surface area contributed by atoms with Crippen molar-refractivity contribution in [1.82, 2.24) is 9.34 Å². The molecule has 0 radical (unpaired) electrons. The molecule has 0 amide bonds. The van der Waals surface area contributed by atoms with Gasteiger partial charge in [0.05, 0.1) is 23.1 Å². The second kappa shape index (κ2) is 14.1. The van der Waals surface area contributed by atoms with Crippen LogP contribution in [0.25, 0.3) is 0 Å². The van der Waals surface area contributed by atoms with Crippen molar-refractivity contribution in [3.8, 4) is 0 Å². The maximum Gasteiger partial charge on any atom is 0.319 e. The third-order valence-corrected chi connectivity index (χ3v) is 15.0. The van der Waals surface area contributed by atoms with E-state index in [-0.39, 0.29) is 50.8 Å². The first-order valence-electron chi connectivity index (χ1n) is 12.2. The van der Waals surface area contributed by atoms with Crippen molar-refractivity contribution in [2.24, 2.45) is 0 Å². The maximum absolute atomic E-state index is 14.6. The lowest BCUT2D eigenvalue weighted by Gasteiger charge is -2.43. The Morgan fingerprint density at radius 3 is 1.21 bits per heavy atom. The maximum atomic E-state index is 14.6. The first-order valence-corrected chi connectivity index (χ1v) is 16.1. The molecule has 12 nitrogen and oxygen atoms in total. The van der Waals surface area contributed by atoms with E-state index in [1.54, 1.807) is 27.7 Å². The van der Waals surface area contributed by atoms with E-state index in [4.69, 9.17) is 32.2 Å². The molecule has 0 spiro atoms. The van der Waals surface area contributed by atoms with Crippen molar-refractivity contribution in [1.29, 1.82) is 0 Å². The van der Waals surface area contributed by atoms with Crippen LogP contribution in [0.5, 0.6) is 0 Å². The number of non-ortho nitro benzene ring substituents is 2. The number of hydrogen-bond acceptors (Lipinski definition) is 8. The molecule has 0 saturated carbocycles. The van der Waals surface area contributed by atoms with Gasteiger partial charge < -0.3 is 9.05 Å². The van der Waals surface area contributed by atoms with Crippen molar-refractivity contribution in [3.63, 3.8) is 0 Å². The Bertz CT molecular complexity index is 1130. The molecular weight excluding hydrogens is 593 g/mol. The van der Waals surface area contributed by atoms with Gasteiger partial charge in [0.2, 0.25) is 0 Å². The first kappa shape index (κ1) is 33.3. The molecule has 39 heavy (non-hydrogen) atoms. The average Bonchev–Trinajstić information content (AvgIpc) is 2.92. The molecule has 0 N–H and O–H groups in total. The zero-order valence-corrected chi connectivity index (χ0v) is 25.4. The minimum Gasteiger partial charge on any atom is -0.310 e. The molecule has 0 aliphatic rings. The molecule has 2 aromatic rings. The number of hydrogen-bond donors (Lipinski definition) is 0. The van der Waals surface area contributed by atoms with Gasteiger partial charge in [0.15, 0.2) is 0 Å². The van der Waals surface area contributed by atoms with E-state index < -0.39 is 28.7 Å². The Kier molecular flexibility index (Phi) is 12.1. The Hall–Kier alpha value is -1.88. The summed E-state index contributed by atoms with van der Waals surface area (Å²) in [5.41, 5.74) is 0.670. The summed E-state index contributed by atoms with van der Waals surface area (Å²) in [6, 6.07) is 10.9. The van der Waals surface area contributed by atoms with Gasteiger partial charge in [-0.15, -0.1) is 0 Å². The number of rotatable bonds is 16. The number of nitrogens with zero attached hydrogens (tertiary/aromatic N) is 4. The van der Waals surface area contributed by atoms with Gasteiger partial charge >= 0.3 is 15.0 Å². The second-order valence-electron chi connectivity index (χ2n) is 8.22. The summed E-state index contributed by atoms with van der Waals surface area (Å²) < 4.78 is 41.3. The number of alkyl halides is 2. The summed E-state index contributed by atoms with van der Waals surface area (Å²) in [5, 5.41) is 22.0. The summed E-state index contributed by atoms with van der Waals surface area (Å²) >= 11 is 13.7. The SMILES string of the molecule is CCN(CC)P(=O)(OCc1ccc([N+](=O)[O-])cc1)C(Cl)(Cl)P(=O)(OCc1ccc([N+](=O)[O-])cc1)N(CC)CC. The fraction of sp³-hybridized carbons (Fsp3) is 0.478. The predicted molar refractivity (Wildman–Crippen MR) is 151 cm³/mol. The molecule has 2 unspecified atom stereocenters. The molecule has 0 aromatic heterocycles. The van der Waals surface area contributed by atoms with Gasteiger partial charge in [-0.2, -0.15) is 0 Å². The molecule has 0 bridgehead atoms. The summed E-state index contributed by atoms with van der Waals surface area (Å²) in [6.07, 6.45) is 0. The van der Waals surface area contributed by atoms with Crippen molar-refractivity contribution in [2.75, 3.05) is 26.2 Å². The highest BCUT2D eigenvalue weighted by Crippen LogP contribution is 2.83. The number of benzene rings is 2. The van der Waals surface area contributed by atoms with Crippen LogP contribution in [0.4, 0.5) is 11.4 Å². The molecule has 2 atom stereocenters. The molecular formula is C23H32Cl2N4O8P2. The Labute approximate surface area is 237 Å². The van der Waals surface area contributed by atoms with E-state index in [0.29, 0.717) is 11.1 Å². The first-order chi connectivity index (χ1) is 18.3. The van der Waals surface area contributed by atoms with Crippen LogP contribution in [0.1, 0.15) is 38.8 Å². The van der Waals surface area contributed by atoms with E-state index >= 15 is 0 Å². The zero-order valence-electron chi connectivity index (χ0n) is 22.1. The predicted octanol–water partition coefficient (Wildman–Crippen LogP) is 7.40. The standard InChI is InChI=1S/C23H32Cl2N4O8P2/c1-5-26(6-2)38(34,36-17-19-9-13-21(14-10-19)28(30)31)23(24,25)39(35,27(7-3)8-4)37-18-20-11-15-22(16-12-20)29(32)33/h9-16H,5-8,17-18H2,1-4H3. The van der Waals surface area contributed by atoms with Crippen molar-refractivity contribution in [2.45, 2.75) is 44.7 Å². The molecule has 0 heterocycles. The quantitative estimate of drug-likeness (QED) is 0.0801. The van der Waals surface area contributed by atoms with Gasteiger partial charge in [-0.25, -0.2) is 9.34 Å². The summed E-state index contributed by atoms with van der Waals surface area (Å²) in [5.74, 6) is 0. The van der Waals surface area contributed by atoms with Gasteiger partial charge in [-0.1, -0.05) is 50.9 Å². The molecule has 0 fully saturated rings. The monoisotopic (exact) mass is 624 g/mol. The third-order valence-electron chi connectivity index (χ3n) is 5.99. The van der Waals surface area contributed by atoms with Gasteiger partial charge in [0.1, 0.15) is 0 Å². The van der Waals surface area contributed by atoms with Crippen LogP contribution in [0, 0.1) is 20.2 Å². The van der Waals surface area contributed by atoms with Crippen LogP contribution < -0.4 is 0 Å². The smallest absolute Gasteiger partial charge is 0.310 e. The van der Waals surface area contributed by atoms with Gasteiger partial charge in [-0.05, 0) is 35.4 Å². The van der Waals surface area contributed by atoms with Crippen molar-refractivity contribution in [3.05, 3.63) is 79.9 Å². The average molecular weight is 625 g/mol. The van der Waals surface area contributed by atoms with Crippen molar-refractivity contribution >= 4 is 49.6 Å².